The number of pyridine rings is 1. The number of rotatable bonds is 6. The third kappa shape index (κ3) is 3.99. The van der Waals surface area contributed by atoms with Crippen LogP contribution in [0.15, 0.2) is 48.5 Å². The fourth-order valence-electron chi connectivity index (χ4n) is 1.94. The standard InChI is InChI=1S/C16H18N4/c1-20(15-8-3-2-4-9-15)12-6-11-18-16-10-5-7-14(13-17)19-16/h2-5,7-10H,6,11-12H2,1H3,(H,18,19). The Morgan fingerprint density at radius 3 is 2.70 bits per heavy atom. The van der Waals surface area contributed by atoms with Crippen LogP contribution in [-0.2, 0) is 0 Å². The molecule has 0 atom stereocenters. The van der Waals surface area contributed by atoms with E-state index in [-0.39, 0.29) is 0 Å². The maximum Gasteiger partial charge on any atom is 0.142 e. The van der Waals surface area contributed by atoms with Gasteiger partial charge >= 0.3 is 0 Å². The summed E-state index contributed by atoms with van der Waals surface area (Å²) in [6, 6.07) is 17.8. The van der Waals surface area contributed by atoms with Crippen molar-refractivity contribution in [2.24, 2.45) is 0 Å². The molecule has 0 aliphatic carbocycles. The zero-order valence-corrected chi connectivity index (χ0v) is 11.6. The van der Waals surface area contributed by atoms with Gasteiger partial charge in [-0.1, -0.05) is 24.3 Å². The minimum absolute atomic E-state index is 0.441. The van der Waals surface area contributed by atoms with Gasteiger partial charge < -0.3 is 10.2 Å². The first-order valence-corrected chi connectivity index (χ1v) is 6.67. The summed E-state index contributed by atoms with van der Waals surface area (Å²) >= 11 is 0. The number of aromatic nitrogens is 1. The lowest BCUT2D eigenvalue weighted by Gasteiger charge is -2.19. The molecule has 2 aromatic rings. The SMILES string of the molecule is CN(CCCNc1cccc(C#N)n1)c1ccccc1. The van der Waals surface area contributed by atoms with Gasteiger partial charge in [-0.25, -0.2) is 4.98 Å². The van der Waals surface area contributed by atoms with Crippen LogP contribution in [0.5, 0.6) is 0 Å². The second-order valence-electron chi connectivity index (χ2n) is 4.56. The summed E-state index contributed by atoms with van der Waals surface area (Å²) in [6.07, 6.45) is 1.00. The highest BCUT2D eigenvalue weighted by molar-refractivity contribution is 5.45. The van der Waals surface area contributed by atoms with E-state index in [9.17, 15) is 0 Å². The van der Waals surface area contributed by atoms with Crippen molar-refractivity contribution in [1.29, 1.82) is 5.26 Å². The Balaban J connectivity index is 1.75. The van der Waals surface area contributed by atoms with Gasteiger partial charge in [0.2, 0.25) is 0 Å². The molecule has 0 aliphatic heterocycles. The number of nitrogens with one attached hydrogen (secondary N) is 1. The molecule has 0 radical (unpaired) electrons. The molecule has 4 heteroatoms. The van der Waals surface area contributed by atoms with E-state index >= 15 is 0 Å². The van der Waals surface area contributed by atoms with Crippen molar-refractivity contribution < 1.29 is 0 Å². The summed E-state index contributed by atoms with van der Waals surface area (Å²) in [5.41, 5.74) is 1.66. The number of nitriles is 1. The molecular weight excluding hydrogens is 248 g/mol. The molecule has 1 aromatic carbocycles. The molecule has 0 saturated carbocycles. The van der Waals surface area contributed by atoms with Crippen LogP contribution in [0.2, 0.25) is 0 Å². The van der Waals surface area contributed by atoms with Crippen molar-refractivity contribution >= 4 is 11.5 Å². The van der Waals surface area contributed by atoms with Crippen LogP contribution in [-0.4, -0.2) is 25.1 Å². The zero-order valence-electron chi connectivity index (χ0n) is 11.6. The molecule has 0 unspecified atom stereocenters. The first-order chi connectivity index (χ1) is 9.79. The molecule has 0 amide bonds. The monoisotopic (exact) mass is 266 g/mol. The van der Waals surface area contributed by atoms with Gasteiger partial charge in [0.15, 0.2) is 0 Å². The van der Waals surface area contributed by atoms with Gasteiger partial charge in [0.1, 0.15) is 17.6 Å². The second-order valence-corrected chi connectivity index (χ2v) is 4.56. The van der Waals surface area contributed by atoms with Crippen LogP contribution in [0.4, 0.5) is 11.5 Å². The van der Waals surface area contributed by atoms with E-state index in [1.54, 1.807) is 6.07 Å². The number of hydrogen-bond donors (Lipinski definition) is 1. The lowest BCUT2D eigenvalue weighted by molar-refractivity contribution is 0.814. The van der Waals surface area contributed by atoms with Crippen molar-refractivity contribution in [1.82, 2.24) is 4.98 Å². The van der Waals surface area contributed by atoms with E-state index in [1.165, 1.54) is 5.69 Å². The van der Waals surface area contributed by atoms with Gasteiger partial charge in [-0.2, -0.15) is 5.26 Å². The summed E-state index contributed by atoms with van der Waals surface area (Å²) < 4.78 is 0. The van der Waals surface area contributed by atoms with E-state index in [0.717, 1.165) is 25.3 Å². The lowest BCUT2D eigenvalue weighted by atomic mass is 10.3. The topological polar surface area (TPSA) is 52.0 Å². The molecule has 1 heterocycles. The van der Waals surface area contributed by atoms with E-state index in [1.807, 2.05) is 36.4 Å². The van der Waals surface area contributed by atoms with E-state index in [4.69, 9.17) is 5.26 Å². The number of hydrogen-bond acceptors (Lipinski definition) is 4. The van der Waals surface area contributed by atoms with Crippen molar-refractivity contribution in [3.63, 3.8) is 0 Å². The minimum atomic E-state index is 0.441. The smallest absolute Gasteiger partial charge is 0.142 e. The van der Waals surface area contributed by atoms with Gasteiger partial charge in [0, 0.05) is 25.8 Å². The predicted octanol–water partition coefficient (Wildman–Crippen LogP) is 2.89. The first kappa shape index (κ1) is 13.9. The van der Waals surface area contributed by atoms with Crippen molar-refractivity contribution in [2.75, 3.05) is 30.4 Å². The van der Waals surface area contributed by atoms with Gasteiger partial charge in [-0.3, -0.25) is 0 Å². The van der Waals surface area contributed by atoms with E-state index < -0.39 is 0 Å². The van der Waals surface area contributed by atoms with Crippen LogP contribution in [0, 0.1) is 11.3 Å². The van der Waals surface area contributed by atoms with E-state index in [0.29, 0.717) is 5.69 Å². The van der Waals surface area contributed by atoms with Gasteiger partial charge in [-0.05, 0) is 30.7 Å². The third-order valence-corrected chi connectivity index (χ3v) is 3.04. The maximum atomic E-state index is 8.79. The highest BCUT2D eigenvalue weighted by Gasteiger charge is 2.00. The molecular formula is C16H18N4. The average Bonchev–Trinajstić information content (AvgIpc) is 2.52. The molecule has 2 rings (SSSR count). The first-order valence-electron chi connectivity index (χ1n) is 6.67. The fraction of sp³-hybridized carbons (Fsp3) is 0.250. The van der Waals surface area contributed by atoms with Gasteiger partial charge in [-0.15, -0.1) is 0 Å². The largest absolute Gasteiger partial charge is 0.375 e. The van der Waals surface area contributed by atoms with Crippen LogP contribution < -0.4 is 10.2 Å². The number of benzene rings is 1. The van der Waals surface area contributed by atoms with Crippen molar-refractivity contribution in [3.8, 4) is 6.07 Å². The molecule has 102 valence electrons. The molecule has 0 fully saturated rings. The second kappa shape index (κ2) is 7.15. The highest BCUT2D eigenvalue weighted by Crippen LogP contribution is 2.11. The number of anilines is 2. The summed E-state index contributed by atoms with van der Waals surface area (Å²) in [6.45, 7) is 1.80. The maximum absolute atomic E-state index is 8.79. The number of nitrogens with zero attached hydrogens (tertiary/aromatic N) is 3. The normalized spacial score (nSPS) is 9.80. The molecule has 0 bridgehead atoms. The molecule has 0 spiro atoms. The fourth-order valence-corrected chi connectivity index (χ4v) is 1.94. The van der Waals surface area contributed by atoms with Gasteiger partial charge in [0.25, 0.3) is 0 Å². The lowest BCUT2D eigenvalue weighted by Crippen LogP contribution is -2.20. The van der Waals surface area contributed by atoms with Crippen LogP contribution in [0.25, 0.3) is 0 Å². The Morgan fingerprint density at radius 2 is 1.95 bits per heavy atom. The Labute approximate surface area is 119 Å². The van der Waals surface area contributed by atoms with Gasteiger partial charge in [0.05, 0.1) is 0 Å². The zero-order chi connectivity index (χ0) is 14.2. The summed E-state index contributed by atoms with van der Waals surface area (Å²) in [7, 11) is 2.09. The molecule has 0 aliphatic rings. The third-order valence-electron chi connectivity index (χ3n) is 3.04. The van der Waals surface area contributed by atoms with Crippen LogP contribution in [0.3, 0.4) is 0 Å². The average molecular weight is 266 g/mol. The Kier molecular flexibility index (Phi) is 4.96. The predicted molar refractivity (Wildman–Crippen MR) is 81.8 cm³/mol. The van der Waals surface area contributed by atoms with E-state index in [2.05, 4.69) is 34.4 Å². The van der Waals surface area contributed by atoms with Crippen LogP contribution >= 0.6 is 0 Å². The Morgan fingerprint density at radius 1 is 1.15 bits per heavy atom. The van der Waals surface area contributed by atoms with Crippen molar-refractivity contribution in [3.05, 3.63) is 54.2 Å². The molecule has 20 heavy (non-hydrogen) atoms. The quantitative estimate of drug-likeness (QED) is 0.817. The molecule has 1 N–H and O–H groups in total. The van der Waals surface area contributed by atoms with Crippen molar-refractivity contribution in [2.45, 2.75) is 6.42 Å². The summed E-state index contributed by atoms with van der Waals surface area (Å²) in [4.78, 5) is 6.40. The number of para-hydroxylation sites is 1. The molecule has 0 saturated heterocycles. The Bertz CT molecular complexity index is 575. The highest BCUT2D eigenvalue weighted by atomic mass is 15.1. The minimum Gasteiger partial charge on any atom is -0.375 e. The molecule has 1 aromatic heterocycles. The van der Waals surface area contributed by atoms with Crippen LogP contribution in [0.1, 0.15) is 12.1 Å². The molecule has 4 nitrogen and oxygen atoms in total. The summed E-state index contributed by atoms with van der Waals surface area (Å²) in [5, 5.41) is 12.0. The summed E-state index contributed by atoms with van der Waals surface area (Å²) in [5.74, 6) is 0.756. The Hall–Kier alpha value is -2.54.